The van der Waals surface area contributed by atoms with Crippen molar-refractivity contribution in [1.29, 1.82) is 0 Å². The van der Waals surface area contributed by atoms with Crippen LogP contribution in [0, 0.1) is 6.92 Å². The van der Waals surface area contributed by atoms with Crippen molar-refractivity contribution in [3.05, 3.63) is 36.0 Å². The van der Waals surface area contributed by atoms with Crippen molar-refractivity contribution in [2.24, 2.45) is 0 Å². The number of benzene rings is 1. The van der Waals surface area contributed by atoms with Gasteiger partial charge in [0.25, 0.3) is 0 Å². The van der Waals surface area contributed by atoms with E-state index in [4.69, 9.17) is 0 Å². The molecule has 0 radical (unpaired) electrons. The quantitative estimate of drug-likeness (QED) is 0.822. The summed E-state index contributed by atoms with van der Waals surface area (Å²) < 4.78 is 0. The first-order valence-electron chi connectivity index (χ1n) is 7.11. The average molecular weight is 255 g/mol. The van der Waals surface area contributed by atoms with Gasteiger partial charge in [-0.05, 0) is 25.6 Å². The Morgan fingerprint density at radius 3 is 2.58 bits per heavy atom. The van der Waals surface area contributed by atoms with Crippen molar-refractivity contribution in [2.45, 2.75) is 13.8 Å². The van der Waals surface area contributed by atoms with Gasteiger partial charge >= 0.3 is 0 Å². The van der Waals surface area contributed by atoms with Crippen molar-refractivity contribution < 1.29 is 0 Å². The van der Waals surface area contributed by atoms with Gasteiger partial charge in [-0.1, -0.05) is 25.1 Å². The Kier molecular flexibility index (Phi) is 3.38. The summed E-state index contributed by atoms with van der Waals surface area (Å²) in [4.78, 5) is 9.64. The third kappa shape index (κ3) is 2.43. The van der Waals surface area contributed by atoms with E-state index in [2.05, 4.69) is 59.0 Å². The van der Waals surface area contributed by atoms with Crippen LogP contribution in [0.4, 0.5) is 5.69 Å². The maximum Gasteiger partial charge on any atom is 0.0726 e. The monoisotopic (exact) mass is 255 g/mol. The minimum absolute atomic E-state index is 1.10. The van der Waals surface area contributed by atoms with Crippen molar-refractivity contribution in [1.82, 2.24) is 9.88 Å². The summed E-state index contributed by atoms with van der Waals surface area (Å²) in [6, 6.07) is 10.7. The minimum atomic E-state index is 1.10. The van der Waals surface area contributed by atoms with Crippen molar-refractivity contribution in [3.8, 4) is 0 Å². The van der Waals surface area contributed by atoms with Crippen molar-refractivity contribution >= 4 is 16.6 Å². The van der Waals surface area contributed by atoms with Crippen LogP contribution in [-0.4, -0.2) is 42.6 Å². The number of pyridine rings is 1. The smallest absolute Gasteiger partial charge is 0.0726 e. The molecule has 1 saturated heterocycles. The van der Waals surface area contributed by atoms with Crippen molar-refractivity contribution in [2.75, 3.05) is 37.6 Å². The molecule has 1 aliphatic rings. The Balaban J connectivity index is 1.96. The van der Waals surface area contributed by atoms with Crippen LogP contribution < -0.4 is 4.90 Å². The van der Waals surface area contributed by atoms with Gasteiger partial charge < -0.3 is 9.80 Å². The van der Waals surface area contributed by atoms with E-state index in [0.717, 1.165) is 43.9 Å². The van der Waals surface area contributed by atoms with Gasteiger partial charge in [0, 0.05) is 42.9 Å². The van der Waals surface area contributed by atoms with Gasteiger partial charge in [-0.3, -0.25) is 4.98 Å². The number of anilines is 1. The third-order valence-electron chi connectivity index (χ3n) is 3.98. The molecule has 3 heteroatoms. The van der Waals surface area contributed by atoms with Gasteiger partial charge in [-0.25, -0.2) is 0 Å². The van der Waals surface area contributed by atoms with E-state index in [1.807, 2.05) is 0 Å². The number of likely N-dealkylation sites (N-methyl/N-ethyl adjacent to an activating group) is 1. The molecule has 1 aliphatic heterocycles. The van der Waals surface area contributed by atoms with E-state index in [-0.39, 0.29) is 0 Å². The molecule has 0 atom stereocenters. The fourth-order valence-electron chi connectivity index (χ4n) is 2.85. The molecule has 2 heterocycles. The Hall–Kier alpha value is -1.61. The number of aromatic nitrogens is 1. The summed E-state index contributed by atoms with van der Waals surface area (Å²) in [5, 5.41) is 1.28. The molecule has 3 rings (SSSR count). The number of aryl methyl sites for hydroxylation is 1. The first-order chi connectivity index (χ1) is 9.28. The van der Waals surface area contributed by atoms with Crippen molar-refractivity contribution in [3.63, 3.8) is 0 Å². The second kappa shape index (κ2) is 5.17. The lowest BCUT2D eigenvalue weighted by molar-refractivity contribution is 0.271. The lowest BCUT2D eigenvalue weighted by Gasteiger charge is -2.36. The highest BCUT2D eigenvalue weighted by Gasteiger charge is 2.18. The number of piperazine rings is 1. The van der Waals surface area contributed by atoms with E-state index in [0.29, 0.717) is 0 Å². The molecule has 100 valence electrons. The Labute approximate surface area is 114 Å². The first-order valence-corrected chi connectivity index (χ1v) is 7.11. The van der Waals surface area contributed by atoms with Crippen LogP contribution in [0.2, 0.25) is 0 Å². The predicted octanol–water partition coefficient (Wildman–Crippen LogP) is 2.69. The molecule has 1 fully saturated rings. The van der Waals surface area contributed by atoms with E-state index >= 15 is 0 Å². The zero-order valence-corrected chi connectivity index (χ0v) is 11.8. The van der Waals surface area contributed by atoms with E-state index in [1.165, 1.54) is 11.1 Å². The Morgan fingerprint density at radius 2 is 1.84 bits per heavy atom. The molecule has 1 aromatic carbocycles. The molecular formula is C16H21N3. The number of rotatable bonds is 2. The maximum absolute atomic E-state index is 4.63. The Bertz CT molecular complexity index is 571. The largest absolute Gasteiger partial charge is 0.368 e. The number of para-hydroxylation sites is 1. The molecule has 2 aromatic rings. The van der Waals surface area contributed by atoms with Crippen LogP contribution in [-0.2, 0) is 0 Å². The lowest BCUT2D eigenvalue weighted by Crippen LogP contribution is -2.46. The average Bonchev–Trinajstić information content (AvgIpc) is 2.46. The second-order valence-corrected chi connectivity index (χ2v) is 5.22. The highest BCUT2D eigenvalue weighted by atomic mass is 15.3. The Morgan fingerprint density at radius 1 is 1.11 bits per heavy atom. The standard InChI is InChI=1S/C16H21N3/c1-3-18-8-10-19(11-9-18)16-12-13(2)17-15-7-5-4-6-14(15)16/h4-7,12H,3,8-11H2,1-2H3. The molecule has 0 amide bonds. The zero-order chi connectivity index (χ0) is 13.2. The van der Waals surface area contributed by atoms with Gasteiger partial charge in [0.1, 0.15) is 0 Å². The zero-order valence-electron chi connectivity index (χ0n) is 11.8. The normalized spacial score (nSPS) is 17.1. The summed E-state index contributed by atoms with van der Waals surface area (Å²) in [7, 11) is 0. The lowest BCUT2D eigenvalue weighted by atomic mass is 10.1. The fourth-order valence-corrected chi connectivity index (χ4v) is 2.85. The van der Waals surface area contributed by atoms with Crippen LogP contribution in [0.1, 0.15) is 12.6 Å². The highest BCUT2D eigenvalue weighted by molar-refractivity contribution is 5.92. The summed E-state index contributed by atoms with van der Waals surface area (Å²) in [5.41, 5.74) is 3.56. The molecule has 0 bridgehead atoms. The van der Waals surface area contributed by atoms with E-state index in [9.17, 15) is 0 Å². The first kappa shape index (κ1) is 12.4. The molecule has 0 spiro atoms. The third-order valence-corrected chi connectivity index (χ3v) is 3.98. The van der Waals surface area contributed by atoms with Gasteiger partial charge in [0.05, 0.1) is 5.52 Å². The van der Waals surface area contributed by atoms with E-state index in [1.54, 1.807) is 0 Å². The fraction of sp³-hybridized carbons (Fsp3) is 0.438. The molecule has 19 heavy (non-hydrogen) atoms. The molecule has 0 saturated carbocycles. The minimum Gasteiger partial charge on any atom is -0.368 e. The number of nitrogens with zero attached hydrogens (tertiary/aromatic N) is 3. The molecule has 0 N–H and O–H groups in total. The summed E-state index contributed by atoms with van der Waals surface area (Å²) >= 11 is 0. The van der Waals surface area contributed by atoms with Gasteiger partial charge in [-0.15, -0.1) is 0 Å². The predicted molar refractivity (Wildman–Crippen MR) is 80.8 cm³/mol. The van der Waals surface area contributed by atoms with Gasteiger partial charge in [0.15, 0.2) is 0 Å². The van der Waals surface area contributed by atoms with Gasteiger partial charge in [-0.2, -0.15) is 0 Å². The number of hydrogen-bond donors (Lipinski definition) is 0. The number of fused-ring (bicyclic) bond motifs is 1. The topological polar surface area (TPSA) is 19.4 Å². The summed E-state index contributed by atoms with van der Waals surface area (Å²) in [5.74, 6) is 0. The SMILES string of the molecule is CCN1CCN(c2cc(C)nc3ccccc23)CC1. The van der Waals surface area contributed by atoms with Crippen LogP contribution in [0.5, 0.6) is 0 Å². The maximum atomic E-state index is 4.63. The molecule has 0 unspecified atom stereocenters. The van der Waals surface area contributed by atoms with Crippen LogP contribution in [0.15, 0.2) is 30.3 Å². The van der Waals surface area contributed by atoms with Crippen LogP contribution >= 0.6 is 0 Å². The van der Waals surface area contributed by atoms with E-state index < -0.39 is 0 Å². The van der Waals surface area contributed by atoms with Gasteiger partial charge in [0.2, 0.25) is 0 Å². The molecular weight excluding hydrogens is 234 g/mol. The van der Waals surface area contributed by atoms with Crippen LogP contribution in [0.3, 0.4) is 0 Å². The molecule has 1 aromatic heterocycles. The summed E-state index contributed by atoms with van der Waals surface area (Å²) in [6.45, 7) is 10.0. The highest BCUT2D eigenvalue weighted by Crippen LogP contribution is 2.27. The summed E-state index contributed by atoms with van der Waals surface area (Å²) in [6.07, 6.45) is 0. The van der Waals surface area contributed by atoms with Crippen LogP contribution in [0.25, 0.3) is 10.9 Å². The molecule has 3 nitrogen and oxygen atoms in total. The molecule has 0 aliphatic carbocycles. The second-order valence-electron chi connectivity index (χ2n) is 5.22. The number of hydrogen-bond acceptors (Lipinski definition) is 3.